The normalized spacial score (nSPS) is 7.11. The van der Waals surface area contributed by atoms with Gasteiger partial charge in [0.05, 0.1) is 6.61 Å². The Morgan fingerprint density at radius 2 is 2.11 bits per heavy atom. The van der Waals surface area contributed by atoms with Crippen LogP contribution in [0.25, 0.3) is 0 Å². The molecule has 0 saturated heterocycles. The van der Waals surface area contributed by atoms with Crippen LogP contribution in [0.2, 0.25) is 0 Å². The van der Waals surface area contributed by atoms with E-state index < -0.39 is 0 Å². The smallest absolute Gasteiger partial charge is 0.240 e. The Bertz CT molecular complexity index is 68.8. The molecule has 0 atom stereocenters. The molecule has 0 aromatic heterocycles. The molecule has 1 N–H and O–H groups in total. The molecule has 0 heterocycles. The van der Waals surface area contributed by atoms with Crippen LogP contribution in [0, 0.1) is 0 Å². The van der Waals surface area contributed by atoms with Crippen molar-refractivity contribution in [2.75, 3.05) is 6.61 Å². The summed E-state index contributed by atoms with van der Waals surface area (Å²) in [6, 6.07) is 0. The van der Waals surface area contributed by atoms with Gasteiger partial charge in [0.15, 0.2) is 0 Å². The lowest BCUT2D eigenvalue weighted by molar-refractivity contribution is -0.130. The van der Waals surface area contributed by atoms with E-state index in [0.717, 1.165) is 0 Å². The highest BCUT2D eigenvalue weighted by molar-refractivity contribution is 5.71. The number of hydrogen-bond donors (Lipinski definition) is 1. The first kappa shape index (κ1) is 11.3. The van der Waals surface area contributed by atoms with Crippen LogP contribution in [0.5, 0.6) is 0 Å². The summed E-state index contributed by atoms with van der Waals surface area (Å²) in [6.07, 6.45) is 0. The highest BCUT2D eigenvalue weighted by Gasteiger charge is 1.82. The second-order valence-corrected chi connectivity index (χ2v) is 1.09. The minimum atomic E-state index is -0.165. The van der Waals surface area contributed by atoms with Gasteiger partial charge in [-0.15, -0.1) is 0 Å². The number of amides is 1. The average molecular weight is 135 g/mol. The number of carbonyl (C=O) groups is 1. The maximum atomic E-state index is 9.97. The van der Waals surface area contributed by atoms with Crippen LogP contribution in [-0.2, 0) is 9.63 Å². The van der Waals surface area contributed by atoms with Crippen LogP contribution in [-0.4, -0.2) is 12.5 Å². The maximum absolute atomic E-state index is 9.97. The molecule has 0 aromatic rings. The van der Waals surface area contributed by atoms with Gasteiger partial charge in [-0.3, -0.25) is 9.63 Å². The van der Waals surface area contributed by atoms with E-state index >= 15 is 0 Å². The third-order valence-electron chi connectivity index (χ3n) is 0.360. The first-order chi connectivity index (χ1) is 4.27. The van der Waals surface area contributed by atoms with E-state index in [9.17, 15) is 4.79 Å². The largest absolute Gasteiger partial charge is 0.274 e. The van der Waals surface area contributed by atoms with Gasteiger partial charge in [0, 0.05) is 8.35 Å². The Morgan fingerprint density at radius 3 is 2.22 bits per heavy atom. The van der Waals surface area contributed by atoms with Crippen molar-refractivity contribution < 1.29 is 11.1 Å². The summed E-state index contributed by atoms with van der Waals surface area (Å²) < 4.78 is 0. The molecule has 0 aromatic carbocycles. The van der Waals surface area contributed by atoms with Gasteiger partial charge in [-0.05, 0) is 6.92 Å². The molecule has 0 radical (unpaired) electrons. The first-order valence-electron chi connectivity index (χ1n) is 3.15. The molecule has 0 rings (SSSR count). The van der Waals surface area contributed by atoms with Crippen LogP contribution in [0.15, 0.2) is 0 Å². The van der Waals surface area contributed by atoms with Crippen molar-refractivity contribution in [1.82, 2.24) is 5.48 Å². The molecule has 9 heavy (non-hydrogen) atoms. The molecule has 58 valence electrons. The van der Waals surface area contributed by atoms with Crippen LogP contribution in [0.1, 0.15) is 29.1 Å². The summed E-state index contributed by atoms with van der Waals surface area (Å²) in [5.41, 5.74) is 2.16. The zero-order valence-corrected chi connectivity index (χ0v) is 6.52. The van der Waals surface area contributed by atoms with E-state index in [0.29, 0.717) is 6.61 Å². The van der Waals surface area contributed by atoms with Gasteiger partial charge < -0.3 is 0 Å². The highest BCUT2D eigenvalue weighted by Crippen LogP contribution is 1.62. The summed E-state index contributed by atoms with van der Waals surface area (Å²) in [4.78, 5) is 14.5. The Hall–Kier alpha value is -0.570. The topological polar surface area (TPSA) is 38.3 Å². The van der Waals surface area contributed by atoms with Gasteiger partial charge in [0.25, 0.3) is 0 Å². The van der Waals surface area contributed by atoms with Crippen molar-refractivity contribution in [3.05, 3.63) is 0 Å². The quantitative estimate of drug-likeness (QED) is 0.580. The number of carbonyl (C=O) groups excluding carboxylic acids is 1. The molecule has 0 aliphatic rings. The zero-order chi connectivity index (χ0) is 7.70. The molecule has 0 bridgehead atoms. The lowest BCUT2D eigenvalue weighted by Gasteiger charge is -1.95. The molecule has 1 amide bonds. The standard InChI is InChI=1S/C4H9NO2.C2H6.H2/c1-3-7-5-4(2)6;1-2;/h3H2,1-2H3,(H,5,6);1-2H3;1H. The second kappa shape index (κ2) is 10.4. The van der Waals surface area contributed by atoms with E-state index in [4.69, 9.17) is 0 Å². The summed E-state index contributed by atoms with van der Waals surface area (Å²) in [5.74, 6) is -0.165. The Kier molecular flexibility index (Phi) is 13.0. The molecular formula is C6H17NO2. The van der Waals surface area contributed by atoms with Crippen LogP contribution in [0.4, 0.5) is 0 Å². The van der Waals surface area contributed by atoms with Crippen molar-refractivity contribution in [3.63, 3.8) is 0 Å². The van der Waals surface area contributed by atoms with E-state index in [1.807, 2.05) is 13.8 Å². The Balaban J connectivity index is -0.000000149. The molecule has 0 unspecified atom stereocenters. The first-order valence-corrected chi connectivity index (χ1v) is 3.15. The summed E-state index contributed by atoms with van der Waals surface area (Å²) >= 11 is 0. The zero-order valence-electron chi connectivity index (χ0n) is 6.52. The molecule has 0 saturated carbocycles. The van der Waals surface area contributed by atoms with E-state index in [-0.39, 0.29) is 7.33 Å². The van der Waals surface area contributed by atoms with Crippen LogP contribution < -0.4 is 5.48 Å². The maximum Gasteiger partial charge on any atom is 0.240 e. The summed E-state index contributed by atoms with van der Waals surface area (Å²) in [7, 11) is 0. The van der Waals surface area contributed by atoms with Crippen molar-refractivity contribution in [3.8, 4) is 0 Å². The molecule has 0 spiro atoms. The molecular weight excluding hydrogens is 118 g/mol. The molecule has 0 fully saturated rings. The van der Waals surface area contributed by atoms with E-state index in [1.165, 1.54) is 6.92 Å². The number of hydroxylamine groups is 1. The SMILES string of the molecule is CC.CCONC(C)=O.[HH]. The number of hydrogen-bond acceptors (Lipinski definition) is 2. The number of rotatable bonds is 2. The van der Waals surface area contributed by atoms with Crippen LogP contribution >= 0.6 is 0 Å². The van der Waals surface area contributed by atoms with Gasteiger partial charge in [0.1, 0.15) is 0 Å². The van der Waals surface area contributed by atoms with Crippen molar-refractivity contribution in [1.29, 1.82) is 0 Å². The van der Waals surface area contributed by atoms with Crippen molar-refractivity contribution in [2.45, 2.75) is 27.7 Å². The lowest BCUT2D eigenvalue weighted by atomic mass is 10.8. The fraction of sp³-hybridized carbons (Fsp3) is 0.833. The monoisotopic (exact) mass is 135 g/mol. The van der Waals surface area contributed by atoms with Crippen LogP contribution in [0.3, 0.4) is 0 Å². The fourth-order valence-electron chi connectivity index (χ4n) is 0.174. The van der Waals surface area contributed by atoms with E-state index in [1.54, 1.807) is 6.92 Å². The highest BCUT2D eigenvalue weighted by atomic mass is 16.6. The molecule has 0 aliphatic heterocycles. The van der Waals surface area contributed by atoms with Gasteiger partial charge in [-0.1, -0.05) is 13.8 Å². The minimum absolute atomic E-state index is 0. The summed E-state index contributed by atoms with van der Waals surface area (Å²) in [6.45, 7) is 7.71. The second-order valence-electron chi connectivity index (χ2n) is 1.09. The van der Waals surface area contributed by atoms with Gasteiger partial charge >= 0.3 is 0 Å². The molecule has 0 aliphatic carbocycles. The van der Waals surface area contributed by atoms with Crippen molar-refractivity contribution in [2.24, 2.45) is 0 Å². The fourth-order valence-corrected chi connectivity index (χ4v) is 0.174. The Morgan fingerprint density at radius 1 is 1.67 bits per heavy atom. The lowest BCUT2D eigenvalue weighted by Crippen LogP contribution is -2.19. The summed E-state index contributed by atoms with van der Waals surface area (Å²) in [5, 5.41) is 0. The Labute approximate surface area is 57.8 Å². The average Bonchev–Trinajstić information content (AvgIpc) is 1.88. The predicted octanol–water partition coefficient (Wildman–Crippen LogP) is 1.35. The predicted molar refractivity (Wildman–Crippen MR) is 38.9 cm³/mol. The molecule has 3 heteroatoms. The third-order valence-corrected chi connectivity index (χ3v) is 0.360. The minimum Gasteiger partial charge on any atom is -0.274 e. The third kappa shape index (κ3) is 18.6. The molecule has 3 nitrogen and oxygen atoms in total. The number of nitrogens with one attached hydrogen (secondary N) is 1. The van der Waals surface area contributed by atoms with Gasteiger partial charge in [-0.25, -0.2) is 5.48 Å². The van der Waals surface area contributed by atoms with Crippen molar-refractivity contribution >= 4 is 5.91 Å². The van der Waals surface area contributed by atoms with Gasteiger partial charge in [-0.2, -0.15) is 0 Å². The van der Waals surface area contributed by atoms with E-state index in [2.05, 4.69) is 10.3 Å². The van der Waals surface area contributed by atoms with Gasteiger partial charge in [0.2, 0.25) is 5.91 Å².